The minimum atomic E-state index is -0.147. The molecule has 0 saturated heterocycles. The van der Waals surface area contributed by atoms with Crippen molar-refractivity contribution in [3.63, 3.8) is 0 Å². The lowest BCUT2D eigenvalue weighted by Crippen LogP contribution is -2.23. The van der Waals surface area contributed by atoms with E-state index in [1.54, 1.807) is 22.8 Å². The Labute approximate surface area is 114 Å². The molecule has 0 N–H and O–H groups in total. The molecule has 18 heavy (non-hydrogen) atoms. The fourth-order valence-corrected chi connectivity index (χ4v) is 2.64. The lowest BCUT2D eigenvalue weighted by molar-refractivity contribution is 0.685. The van der Waals surface area contributed by atoms with Crippen molar-refractivity contribution in [3.8, 4) is 0 Å². The van der Waals surface area contributed by atoms with E-state index in [1.165, 1.54) is 6.07 Å². The van der Waals surface area contributed by atoms with Gasteiger partial charge in [-0.05, 0) is 6.92 Å². The van der Waals surface area contributed by atoms with Crippen LogP contribution in [-0.4, -0.2) is 14.5 Å². The fourth-order valence-electron chi connectivity index (χ4n) is 1.60. The molecule has 0 atom stereocenters. The third-order valence-corrected chi connectivity index (χ3v) is 3.94. The summed E-state index contributed by atoms with van der Waals surface area (Å²) in [6.45, 7) is 6.41. The Kier molecular flexibility index (Phi) is 3.82. The van der Waals surface area contributed by atoms with Gasteiger partial charge >= 0.3 is 0 Å². The second-order valence-corrected chi connectivity index (χ2v) is 5.66. The van der Waals surface area contributed by atoms with Crippen molar-refractivity contribution in [2.75, 3.05) is 0 Å². The van der Waals surface area contributed by atoms with Crippen LogP contribution in [0.2, 0.25) is 5.15 Å². The zero-order chi connectivity index (χ0) is 13.3. The molecule has 0 amide bonds. The first-order valence-corrected chi connectivity index (χ1v) is 6.91. The van der Waals surface area contributed by atoms with Gasteiger partial charge in [-0.2, -0.15) is 0 Å². The summed E-state index contributed by atoms with van der Waals surface area (Å²) < 4.78 is 1.57. The molecule has 2 aromatic rings. The Bertz CT molecular complexity index is 618. The number of hydrogen-bond acceptors (Lipinski definition) is 4. The first kappa shape index (κ1) is 13.2. The van der Waals surface area contributed by atoms with Gasteiger partial charge in [0.15, 0.2) is 0 Å². The van der Waals surface area contributed by atoms with Gasteiger partial charge in [-0.25, -0.2) is 9.97 Å². The number of hydrogen-bond donors (Lipinski definition) is 0. The topological polar surface area (TPSA) is 47.8 Å². The minimum Gasteiger partial charge on any atom is -0.291 e. The Morgan fingerprint density at radius 3 is 2.72 bits per heavy atom. The highest BCUT2D eigenvalue weighted by molar-refractivity contribution is 7.09. The first-order valence-electron chi connectivity index (χ1n) is 5.65. The quantitative estimate of drug-likeness (QED) is 0.814. The van der Waals surface area contributed by atoms with Gasteiger partial charge in [0.1, 0.15) is 11.0 Å². The summed E-state index contributed by atoms with van der Waals surface area (Å²) in [4.78, 5) is 20.4. The third kappa shape index (κ3) is 2.79. The van der Waals surface area contributed by atoms with Crippen LogP contribution in [0.5, 0.6) is 0 Å². The van der Waals surface area contributed by atoms with Crippen molar-refractivity contribution in [1.82, 2.24) is 14.5 Å². The van der Waals surface area contributed by atoms with Gasteiger partial charge in [-0.1, -0.05) is 25.4 Å². The van der Waals surface area contributed by atoms with E-state index in [-0.39, 0.29) is 10.7 Å². The monoisotopic (exact) mass is 283 g/mol. The van der Waals surface area contributed by atoms with Crippen LogP contribution < -0.4 is 5.56 Å². The van der Waals surface area contributed by atoms with E-state index in [0.717, 1.165) is 10.7 Å². The number of aryl methyl sites for hydroxylation is 1. The standard InChI is InChI=1S/C12H14ClN3OS/c1-7(2)12-15-9(6-18-12)5-16-8(3)14-10(13)4-11(16)17/h4,6-7H,5H2,1-3H3. The van der Waals surface area contributed by atoms with Crippen molar-refractivity contribution in [2.24, 2.45) is 0 Å². The van der Waals surface area contributed by atoms with Crippen molar-refractivity contribution >= 4 is 22.9 Å². The Balaban J connectivity index is 2.31. The Morgan fingerprint density at radius 1 is 1.44 bits per heavy atom. The SMILES string of the molecule is Cc1nc(Cl)cc(=O)n1Cc1csc(C(C)C)n1. The van der Waals surface area contributed by atoms with Crippen LogP contribution in [0.3, 0.4) is 0 Å². The molecule has 2 aromatic heterocycles. The number of thiazole rings is 1. The van der Waals surface area contributed by atoms with Crippen LogP contribution >= 0.6 is 22.9 Å². The molecule has 2 heterocycles. The summed E-state index contributed by atoms with van der Waals surface area (Å²) in [6.07, 6.45) is 0. The zero-order valence-corrected chi connectivity index (χ0v) is 12.0. The number of aromatic nitrogens is 3. The molecule has 0 aromatic carbocycles. The van der Waals surface area contributed by atoms with E-state index >= 15 is 0 Å². The fraction of sp³-hybridized carbons (Fsp3) is 0.417. The largest absolute Gasteiger partial charge is 0.291 e. The van der Waals surface area contributed by atoms with Gasteiger partial charge in [0, 0.05) is 17.4 Å². The molecule has 0 aliphatic carbocycles. The summed E-state index contributed by atoms with van der Waals surface area (Å²) in [5.41, 5.74) is 0.740. The average Bonchev–Trinajstić information content (AvgIpc) is 2.71. The predicted octanol–water partition coefficient (Wildman–Crippen LogP) is 2.83. The smallest absolute Gasteiger partial charge is 0.255 e. The highest BCUT2D eigenvalue weighted by atomic mass is 35.5. The number of nitrogens with zero attached hydrogens (tertiary/aromatic N) is 3. The molecule has 0 spiro atoms. The molecule has 0 fully saturated rings. The van der Waals surface area contributed by atoms with Gasteiger partial charge in [-0.3, -0.25) is 9.36 Å². The molecule has 4 nitrogen and oxygen atoms in total. The maximum Gasteiger partial charge on any atom is 0.255 e. The Morgan fingerprint density at radius 2 is 2.17 bits per heavy atom. The highest BCUT2D eigenvalue weighted by Gasteiger charge is 2.09. The minimum absolute atomic E-state index is 0.147. The molecule has 0 saturated carbocycles. The first-order chi connectivity index (χ1) is 8.47. The molecular formula is C12H14ClN3OS. The van der Waals surface area contributed by atoms with E-state index in [9.17, 15) is 4.79 Å². The Hall–Kier alpha value is -1.20. The second-order valence-electron chi connectivity index (χ2n) is 4.38. The van der Waals surface area contributed by atoms with E-state index in [1.807, 2.05) is 5.38 Å². The molecule has 2 rings (SSSR count). The van der Waals surface area contributed by atoms with Gasteiger partial charge in [0.2, 0.25) is 0 Å². The lowest BCUT2D eigenvalue weighted by atomic mass is 10.2. The van der Waals surface area contributed by atoms with E-state index < -0.39 is 0 Å². The van der Waals surface area contributed by atoms with Gasteiger partial charge < -0.3 is 0 Å². The third-order valence-electron chi connectivity index (χ3n) is 2.55. The lowest BCUT2D eigenvalue weighted by Gasteiger charge is -2.07. The van der Waals surface area contributed by atoms with Crippen LogP contribution in [0.15, 0.2) is 16.2 Å². The van der Waals surface area contributed by atoms with Crippen LogP contribution in [0.1, 0.15) is 36.3 Å². The van der Waals surface area contributed by atoms with Crippen molar-refractivity contribution < 1.29 is 0 Å². The average molecular weight is 284 g/mol. The number of rotatable bonds is 3. The maximum absolute atomic E-state index is 11.8. The maximum atomic E-state index is 11.8. The highest BCUT2D eigenvalue weighted by Crippen LogP contribution is 2.19. The van der Waals surface area contributed by atoms with Crippen molar-refractivity contribution in [2.45, 2.75) is 33.2 Å². The van der Waals surface area contributed by atoms with Crippen LogP contribution in [0, 0.1) is 6.92 Å². The predicted molar refractivity (Wildman–Crippen MR) is 73.5 cm³/mol. The molecular weight excluding hydrogens is 270 g/mol. The van der Waals surface area contributed by atoms with Gasteiger partial charge in [0.05, 0.1) is 17.2 Å². The molecule has 0 aliphatic heterocycles. The van der Waals surface area contributed by atoms with E-state index in [2.05, 4.69) is 23.8 Å². The summed E-state index contributed by atoms with van der Waals surface area (Å²) in [5.74, 6) is 1.01. The molecule has 96 valence electrons. The van der Waals surface area contributed by atoms with E-state index in [4.69, 9.17) is 11.6 Å². The van der Waals surface area contributed by atoms with Crippen molar-refractivity contribution in [3.05, 3.63) is 43.5 Å². The summed E-state index contributed by atoms with van der Waals surface area (Å²) >= 11 is 7.35. The molecule has 6 heteroatoms. The van der Waals surface area contributed by atoms with Crippen LogP contribution in [0.4, 0.5) is 0 Å². The second kappa shape index (κ2) is 5.20. The van der Waals surface area contributed by atoms with Gasteiger partial charge in [-0.15, -0.1) is 11.3 Å². The summed E-state index contributed by atoms with van der Waals surface area (Å²) in [6, 6.07) is 1.32. The van der Waals surface area contributed by atoms with Gasteiger partial charge in [0.25, 0.3) is 5.56 Å². The normalized spacial score (nSPS) is 11.2. The zero-order valence-electron chi connectivity index (χ0n) is 10.5. The summed E-state index contributed by atoms with van der Waals surface area (Å²) in [5, 5.41) is 3.29. The summed E-state index contributed by atoms with van der Waals surface area (Å²) in [7, 11) is 0. The molecule has 0 aliphatic rings. The van der Waals surface area contributed by atoms with Crippen LogP contribution in [-0.2, 0) is 6.54 Å². The molecule has 0 bridgehead atoms. The van der Waals surface area contributed by atoms with Crippen molar-refractivity contribution in [1.29, 1.82) is 0 Å². The van der Waals surface area contributed by atoms with Crippen LogP contribution in [0.25, 0.3) is 0 Å². The number of halogens is 1. The van der Waals surface area contributed by atoms with E-state index in [0.29, 0.717) is 18.3 Å². The molecule has 0 radical (unpaired) electrons. The molecule has 0 unspecified atom stereocenters.